The maximum absolute atomic E-state index is 9.37. The Kier molecular flexibility index (Phi) is 1.52. The number of hydrogen-bond acceptors (Lipinski definition) is 1. The standard InChI is InChI=1S/C8H6INO/c9-10-5-8(11)6-3-1-2-4-7(6)10/h1-5,11H. The van der Waals surface area contributed by atoms with Crippen molar-refractivity contribution in [2.75, 3.05) is 0 Å². The summed E-state index contributed by atoms with van der Waals surface area (Å²) < 4.78 is 1.88. The van der Waals surface area contributed by atoms with Crippen LogP contribution in [0.2, 0.25) is 0 Å². The summed E-state index contributed by atoms with van der Waals surface area (Å²) in [6.07, 6.45) is 1.70. The molecule has 2 nitrogen and oxygen atoms in total. The van der Waals surface area contributed by atoms with Crippen LogP contribution in [0.15, 0.2) is 30.5 Å². The molecule has 0 spiro atoms. The third-order valence-corrected chi connectivity index (χ3v) is 2.44. The van der Waals surface area contributed by atoms with E-state index in [1.165, 1.54) is 0 Å². The molecule has 0 amide bonds. The minimum Gasteiger partial charge on any atom is -0.506 e. The maximum Gasteiger partial charge on any atom is 0.141 e. The van der Waals surface area contributed by atoms with Gasteiger partial charge in [0.1, 0.15) is 5.75 Å². The first kappa shape index (κ1) is 6.97. The van der Waals surface area contributed by atoms with Gasteiger partial charge in [-0.25, -0.2) is 0 Å². The lowest BCUT2D eigenvalue weighted by atomic mass is 10.2. The number of hydrogen-bond donors (Lipinski definition) is 1. The first-order chi connectivity index (χ1) is 5.29. The van der Waals surface area contributed by atoms with E-state index < -0.39 is 0 Å². The summed E-state index contributed by atoms with van der Waals surface area (Å²) in [5.41, 5.74) is 1.05. The highest BCUT2D eigenvalue weighted by molar-refractivity contribution is 14.1. The molecule has 0 bridgehead atoms. The van der Waals surface area contributed by atoms with Crippen molar-refractivity contribution in [1.82, 2.24) is 2.78 Å². The molecular formula is C8H6INO. The molecular weight excluding hydrogens is 253 g/mol. The van der Waals surface area contributed by atoms with E-state index in [-0.39, 0.29) is 0 Å². The largest absolute Gasteiger partial charge is 0.506 e. The van der Waals surface area contributed by atoms with Crippen LogP contribution in [0.4, 0.5) is 0 Å². The van der Waals surface area contributed by atoms with Gasteiger partial charge < -0.3 is 5.11 Å². The minimum absolute atomic E-state index is 0.343. The number of fused-ring (bicyclic) bond motifs is 1. The van der Waals surface area contributed by atoms with Gasteiger partial charge in [-0.05, 0) is 12.1 Å². The molecule has 0 aliphatic heterocycles. The van der Waals surface area contributed by atoms with Crippen molar-refractivity contribution in [3.8, 4) is 5.75 Å². The van der Waals surface area contributed by atoms with Gasteiger partial charge in [-0.1, -0.05) is 12.1 Å². The number of nitrogens with zero attached hydrogens (tertiary/aromatic N) is 1. The normalized spacial score (nSPS) is 10.6. The predicted octanol–water partition coefficient (Wildman–Crippen LogP) is 2.55. The van der Waals surface area contributed by atoms with Crippen molar-refractivity contribution >= 4 is 33.8 Å². The van der Waals surface area contributed by atoms with Crippen molar-refractivity contribution in [1.29, 1.82) is 0 Å². The van der Waals surface area contributed by atoms with Crippen LogP contribution in [0.25, 0.3) is 10.9 Å². The zero-order chi connectivity index (χ0) is 7.84. The second-order valence-electron chi connectivity index (χ2n) is 2.34. The Hall–Kier alpha value is -0.710. The Labute approximate surface area is 77.9 Å². The van der Waals surface area contributed by atoms with Gasteiger partial charge in [0.15, 0.2) is 0 Å². The van der Waals surface area contributed by atoms with E-state index in [0.717, 1.165) is 10.9 Å². The second kappa shape index (κ2) is 2.41. The Morgan fingerprint density at radius 1 is 1.27 bits per heavy atom. The lowest BCUT2D eigenvalue weighted by molar-refractivity contribution is 0.481. The topological polar surface area (TPSA) is 25.2 Å². The van der Waals surface area contributed by atoms with Crippen LogP contribution in [-0.4, -0.2) is 7.89 Å². The fourth-order valence-electron chi connectivity index (χ4n) is 1.12. The molecule has 0 aliphatic rings. The number of rotatable bonds is 0. The van der Waals surface area contributed by atoms with Crippen LogP contribution in [0.5, 0.6) is 5.75 Å². The molecule has 0 unspecified atom stereocenters. The van der Waals surface area contributed by atoms with Crippen LogP contribution in [0, 0.1) is 0 Å². The highest BCUT2D eigenvalue weighted by Crippen LogP contribution is 2.27. The summed E-state index contributed by atoms with van der Waals surface area (Å²) in [4.78, 5) is 0. The van der Waals surface area contributed by atoms with Crippen LogP contribution < -0.4 is 0 Å². The number of aromatic hydroxyl groups is 1. The molecule has 2 aromatic rings. The summed E-state index contributed by atoms with van der Waals surface area (Å²) >= 11 is 2.14. The molecule has 1 aromatic heterocycles. The lowest BCUT2D eigenvalue weighted by Gasteiger charge is -1.89. The van der Waals surface area contributed by atoms with Crippen LogP contribution in [0.1, 0.15) is 0 Å². The minimum atomic E-state index is 0.343. The highest BCUT2D eigenvalue weighted by atomic mass is 127. The van der Waals surface area contributed by atoms with E-state index >= 15 is 0 Å². The SMILES string of the molecule is Oc1cn(I)c2ccccc12. The molecule has 2 rings (SSSR count). The van der Waals surface area contributed by atoms with Crippen molar-refractivity contribution in [2.45, 2.75) is 0 Å². The molecule has 56 valence electrons. The summed E-state index contributed by atoms with van der Waals surface area (Å²) in [6, 6.07) is 7.75. The number of para-hydroxylation sites is 1. The van der Waals surface area contributed by atoms with Gasteiger partial charge in [0, 0.05) is 5.39 Å². The Morgan fingerprint density at radius 3 is 2.73 bits per heavy atom. The molecule has 0 saturated carbocycles. The van der Waals surface area contributed by atoms with Gasteiger partial charge in [-0.15, -0.1) is 0 Å². The van der Waals surface area contributed by atoms with Gasteiger partial charge in [-0.2, -0.15) is 0 Å². The molecule has 0 fully saturated rings. The van der Waals surface area contributed by atoms with Crippen molar-refractivity contribution in [2.24, 2.45) is 0 Å². The summed E-state index contributed by atoms with van der Waals surface area (Å²) in [5.74, 6) is 0.343. The van der Waals surface area contributed by atoms with E-state index in [2.05, 4.69) is 22.9 Å². The third-order valence-electron chi connectivity index (χ3n) is 1.65. The number of aromatic nitrogens is 1. The Morgan fingerprint density at radius 2 is 2.00 bits per heavy atom. The van der Waals surface area contributed by atoms with Gasteiger partial charge in [0.25, 0.3) is 0 Å². The Bertz CT molecular complexity index is 358. The molecule has 0 saturated heterocycles. The molecule has 3 heteroatoms. The number of halogens is 1. The van der Waals surface area contributed by atoms with Gasteiger partial charge >= 0.3 is 0 Å². The first-order valence-corrected chi connectivity index (χ1v) is 4.21. The molecule has 0 aliphatic carbocycles. The van der Waals surface area contributed by atoms with Crippen molar-refractivity contribution in [3.05, 3.63) is 30.5 Å². The van der Waals surface area contributed by atoms with E-state index in [0.29, 0.717) is 5.75 Å². The molecule has 0 radical (unpaired) electrons. The van der Waals surface area contributed by atoms with E-state index in [1.807, 2.05) is 27.0 Å². The average molecular weight is 259 g/mol. The van der Waals surface area contributed by atoms with E-state index in [9.17, 15) is 5.11 Å². The maximum atomic E-state index is 9.37. The second-order valence-corrected chi connectivity index (χ2v) is 3.38. The average Bonchev–Trinajstić information content (AvgIpc) is 2.30. The van der Waals surface area contributed by atoms with Gasteiger partial charge in [0.05, 0.1) is 34.6 Å². The summed E-state index contributed by atoms with van der Waals surface area (Å²) in [7, 11) is 0. The van der Waals surface area contributed by atoms with Crippen LogP contribution >= 0.6 is 22.9 Å². The zero-order valence-corrected chi connectivity index (χ0v) is 7.82. The van der Waals surface area contributed by atoms with Crippen molar-refractivity contribution in [3.63, 3.8) is 0 Å². The molecule has 1 aromatic carbocycles. The molecule has 1 N–H and O–H groups in total. The fourth-order valence-corrected chi connectivity index (χ4v) is 1.81. The lowest BCUT2D eigenvalue weighted by Crippen LogP contribution is -1.71. The quantitative estimate of drug-likeness (QED) is 0.722. The first-order valence-electron chi connectivity index (χ1n) is 3.24. The van der Waals surface area contributed by atoms with Gasteiger partial charge in [0.2, 0.25) is 0 Å². The summed E-state index contributed by atoms with van der Waals surface area (Å²) in [6.45, 7) is 0. The molecule has 0 atom stereocenters. The molecule has 11 heavy (non-hydrogen) atoms. The van der Waals surface area contributed by atoms with Gasteiger partial charge in [-0.3, -0.25) is 2.78 Å². The zero-order valence-electron chi connectivity index (χ0n) is 5.66. The molecule has 1 heterocycles. The fraction of sp³-hybridized carbons (Fsp3) is 0. The Balaban J connectivity index is 2.95. The monoisotopic (exact) mass is 259 g/mol. The van der Waals surface area contributed by atoms with Crippen LogP contribution in [0.3, 0.4) is 0 Å². The van der Waals surface area contributed by atoms with E-state index in [4.69, 9.17) is 0 Å². The summed E-state index contributed by atoms with van der Waals surface area (Å²) in [5, 5.41) is 10.3. The van der Waals surface area contributed by atoms with Crippen molar-refractivity contribution < 1.29 is 5.11 Å². The van der Waals surface area contributed by atoms with Crippen LogP contribution in [-0.2, 0) is 0 Å². The predicted molar refractivity (Wildman–Crippen MR) is 53.0 cm³/mol. The van der Waals surface area contributed by atoms with E-state index in [1.54, 1.807) is 6.20 Å². The third kappa shape index (κ3) is 0.994. The number of benzene rings is 1. The smallest absolute Gasteiger partial charge is 0.141 e. The highest BCUT2D eigenvalue weighted by Gasteiger charge is 2.02.